The van der Waals surface area contributed by atoms with Gasteiger partial charge in [0.25, 0.3) is 0 Å². The van der Waals surface area contributed by atoms with E-state index in [0.29, 0.717) is 25.3 Å². The van der Waals surface area contributed by atoms with E-state index in [2.05, 4.69) is 5.32 Å². The molecule has 0 spiro atoms. The molecule has 2 aromatic rings. The lowest BCUT2D eigenvalue weighted by Crippen LogP contribution is -2.12. The number of carbonyl (C=O) groups is 1. The first-order valence-corrected chi connectivity index (χ1v) is 6.39. The molecule has 19 heavy (non-hydrogen) atoms. The summed E-state index contributed by atoms with van der Waals surface area (Å²) in [6.45, 7) is 2.72. The van der Waals surface area contributed by atoms with E-state index < -0.39 is 0 Å². The fourth-order valence-electron chi connectivity index (χ4n) is 2.01. The van der Waals surface area contributed by atoms with Crippen LogP contribution in [-0.4, -0.2) is 19.1 Å². The number of hydrogen-bond acceptors (Lipinski definition) is 4. The van der Waals surface area contributed by atoms with Gasteiger partial charge in [0.15, 0.2) is 0 Å². The quantitative estimate of drug-likeness (QED) is 0.639. The molecule has 0 bridgehead atoms. The van der Waals surface area contributed by atoms with E-state index in [9.17, 15) is 4.79 Å². The largest absolute Gasteiger partial charge is 0.466 e. The van der Waals surface area contributed by atoms with Crippen molar-refractivity contribution in [2.24, 2.45) is 0 Å². The SMILES string of the molecule is CCOC(=O)CCNc1c(N)ccc2ccccc12. The van der Waals surface area contributed by atoms with Crippen molar-refractivity contribution in [1.82, 2.24) is 0 Å². The maximum absolute atomic E-state index is 11.3. The molecule has 0 atom stereocenters. The van der Waals surface area contributed by atoms with Crippen molar-refractivity contribution < 1.29 is 9.53 Å². The standard InChI is InChI=1S/C15H18N2O2/c1-2-19-14(18)9-10-17-15-12-6-4-3-5-11(12)7-8-13(15)16/h3-8,17H,2,9-10,16H2,1H3. The summed E-state index contributed by atoms with van der Waals surface area (Å²) in [6, 6.07) is 11.9. The van der Waals surface area contributed by atoms with E-state index >= 15 is 0 Å². The molecular formula is C15H18N2O2. The highest BCUT2D eigenvalue weighted by Gasteiger charge is 2.06. The van der Waals surface area contributed by atoms with E-state index in [1.54, 1.807) is 6.92 Å². The Hall–Kier alpha value is -2.23. The van der Waals surface area contributed by atoms with Crippen molar-refractivity contribution in [3.05, 3.63) is 36.4 Å². The van der Waals surface area contributed by atoms with Gasteiger partial charge < -0.3 is 15.8 Å². The van der Waals surface area contributed by atoms with Crippen molar-refractivity contribution >= 4 is 28.1 Å². The van der Waals surface area contributed by atoms with E-state index in [1.165, 1.54) is 0 Å². The molecule has 0 saturated carbocycles. The summed E-state index contributed by atoms with van der Waals surface area (Å²) < 4.78 is 4.89. The monoisotopic (exact) mass is 258 g/mol. The Balaban J connectivity index is 2.11. The molecule has 0 saturated heterocycles. The normalized spacial score (nSPS) is 10.4. The van der Waals surface area contributed by atoms with Crippen LogP contribution in [0.15, 0.2) is 36.4 Å². The number of fused-ring (bicyclic) bond motifs is 1. The van der Waals surface area contributed by atoms with Gasteiger partial charge in [-0.2, -0.15) is 0 Å². The fraction of sp³-hybridized carbons (Fsp3) is 0.267. The van der Waals surface area contributed by atoms with Crippen molar-refractivity contribution in [3.63, 3.8) is 0 Å². The zero-order chi connectivity index (χ0) is 13.7. The minimum atomic E-state index is -0.200. The van der Waals surface area contributed by atoms with Gasteiger partial charge in [-0.3, -0.25) is 4.79 Å². The zero-order valence-corrected chi connectivity index (χ0v) is 11.0. The van der Waals surface area contributed by atoms with Gasteiger partial charge >= 0.3 is 5.97 Å². The molecule has 0 aromatic heterocycles. The Morgan fingerprint density at radius 2 is 2.05 bits per heavy atom. The van der Waals surface area contributed by atoms with E-state index in [1.807, 2.05) is 36.4 Å². The number of ether oxygens (including phenoxy) is 1. The number of nitrogen functional groups attached to an aromatic ring is 1. The van der Waals surface area contributed by atoms with Gasteiger partial charge in [0, 0.05) is 11.9 Å². The molecule has 0 fully saturated rings. The summed E-state index contributed by atoms with van der Waals surface area (Å²) in [5, 5.41) is 5.40. The second-order valence-corrected chi connectivity index (χ2v) is 4.23. The molecular weight excluding hydrogens is 240 g/mol. The van der Waals surface area contributed by atoms with Crippen LogP contribution in [0.2, 0.25) is 0 Å². The maximum Gasteiger partial charge on any atom is 0.307 e. The molecule has 0 amide bonds. The second kappa shape index (κ2) is 6.09. The number of hydrogen-bond donors (Lipinski definition) is 2. The van der Waals surface area contributed by atoms with Crippen LogP contribution >= 0.6 is 0 Å². The van der Waals surface area contributed by atoms with Gasteiger partial charge in [-0.25, -0.2) is 0 Å². The molecule has 0 heterocycles. The molecule has 0 radical (unpaired) electrons. The molecule has 2 aromatic carbocycles. The first kappa shape index (κ1) is 13.2. The lowest BCUT2D eigenvalue weighted by atomic mass is 10.1. The summed E-state index contributed by atoms with van der Waals surface area (Å²) in [6.07, 6.45) is 0.330. The highest BCUT2D eigenvalue weighted by molar-refractivity contribution is 5.99. The third-order valence-corrected chi connectivity index (χ3v) is 2.90. The summed E-state index contributed by atoms with van der Waals surface area (Å²) in [5.74, 6) is -0.200. The van der Waals surface area contributed by atoms with Gasteiger partial charge in [-0.1, -0.05) is 30.3 Å². The van der Waals surface area contributed by atoms with Crippen LogP contribution in [0.5, 0.6) is 0 Å². The van der Waals surface area contributed by atoms with E-state index in [4.69, 9.17) is 10.5 Å². The van der Waals surface area contributed by atoms with Crippen molar-refractivity contribution in [1.29, 1.82) is 0 Å². The van der Waals surface area contributed by atoms with E-state index in [-0.39, 0.29) is 5.97 Å². The van der Waals surface area contributed by atoms with Crippen LogP contribution in [-0.2, 0) is 9.53 Å². The Morgan fingerprint density at radius 1 is 1.26 bits per heavy atom. The van der Waals surface area contributed by atoms with Crippen LogP contribution in [0.25, 0.3) is 10.8 Å². The first-order valence-electron chi connectivity index (χ1n) is 6.39. The van der Waals surface area contributed by atoms with Crippen LogP contribution in [0.3, 0.4) is 0 Å². The molecule has 0 aliphatic rings. The van der Waals surface area contributed by atoms with Gasteiger partial charge in [-0.05, 0) is 18.4 Å². The average Bonchev–Trinajstić information content (AvgIpc) is 2.41. The third kappa shape index (κ3) is 3.16. The average molecular weight is 258 g/mol. The maximum atomic E-state index is 11.3. The highest BCUT2D eigenvalue weighted by Crippen LogP contribution is 2.29. The van der Waals surface area contributed by atoms with Crippen LogP contribution in [0.1, 0.15) is 13.3 Å². The zero-order valence-electron chi connectivity index (χ0n) is 11.0. The van der Waals surface area contributed by atoms with Gasteiger partial charge in [0.05, 0.1) is 24.4 Å². The highest BCUT2D eigenvalue weighted by atomic mass is 16.5. The number of nitrogens with two attached hydrogens (primary N) is 1. The first-order chi connectivity index (χ1) is 9.22. The predicted octanol–water partition coefficient (Wildman–Crippen LogP) is 2.79. The minimum absolute atomic E-state index is 0.200. The molecule has 0 aliphatic carbocycles. The number of nitrogens with one attached hydrogen (secondary N) is 1. The van der Waals surface area contributed by atoms with Gasteiger partial charge in [-0.15, -0.1) is 0 Å². The molecule has 2 rings (SSSR count). The molecule has 3 N–H and O–H groups in total. The minimum Gasteiger partial charge on any atom is -0.466 e. The molecule has 4 heteroatoms. The van der Waals surface area contributed by atoms with Crippen LogP contribution in [0.4, 0.5) is 11.4 Å². The van der Waals surface area contributed by atoms with Crippen molar-refractivity contribution in [2.45, 2.75) is 13.3 Å². The Kier molecular flexibility index (Phi) is 4.23. The number of rotatable bonds is 5. The van der Waals surface area contributed by atoms with E-state index in [0.717, 1.165) is 16.5 Å². The lowest BCUT2D eigenvalue weighted by Gasteiger charge is -2.12. The number of anilines is 2. The summed E-state index contributed by atoms with van der Waals surface area (Å²) in [4.78, 5) is 11.3. The topological polar surface area (TPSA) is 64.3 Å². The summed E-state index contributed by atoms with van der Waals surface area (Å²) >= 11 is 0. The summed E-state index contributed by atoms with van der Waals surface area (Å²) in [7, 11) is 0. The number of carbonyl (C=O) groups excluding carboxylic acids is 1. The third-order valence-electron chi connectivity index (χ3n) is 2.90. The molecule has 100 valence electrons. The molecule has 0 unspecified atom stereocenters. The Labute approximate surface area is 112 Å². The number of benzene rings is 2. The van der Waals surface area contributed by atoms with Gasteiger partial charge in [0.1, 0.15) is 0 Å². The van der Waals surface area contributed by atoms with Gasteiger partial charge in [0.2, 0.25) is 0 Å². The lowest BCUT2D eigenvalue weighted by molar-refractivity contribution is -0.142. The van der Waals surface area contributed by atoms with Crippen LogP contribution in [0, 0.1) is 0 Å². The van der Waals surface area contributed by atoms with Crippen molar-refractivity contribution in [2.75, 3.05) is 24.2 Å². The van der Waals surface area contributed by atoms with Crippen molar-refractivity contribution in [3.8, 4) is 0 Å². The predicted molar refractivity (Wildman–Crippen MR) is 78.1 cm³/mol. The second-order valence-electron chi connectivity index (χ2n) is 4.23. The Bertz CT molecular complexity index is 581. The molecule has 4 nitrogen and oxygen atoms in total. The summed E-state index contributed by atoms with van der Waals surface area (Å²) in [5.41, 5.74) is 7.54. The fourth-order valence-corrected chi connectivity index (χ4v) is 2.01. The number of esters is 1. The van der Waals surface area contributed by atoms with Crippen LogP contribution < -0.4 is 11.1 Å². The Morgan fingerprint density at radius 3 is 2.84 bits per heavy atom. The molecule has 0 aliphatic heterocycles. The smallest absolute Gasteiger partial charge is 0.307 e.